The fourth-order valence-corrected chi connectivity index (χ4v) is 3.50. The SMILES string of the molecule is COc1ccc(Cl)cc1C(Cl)c1ccc(Br)s1. The van der Waals surface area contributed by atoms with Crippen LogP contribution in [0.4, 0.5) is 0 Å². The Bertz CT molecular complexity index is 527. The van der Waals surface area contributed by atoms with Crippen LogP contribution in [0.15, 0.2) is 34.1 Å². The quantitative estimate of drug-likeness (QED) is 0.663. The maximum atomic E-state index is 6.45. The Morgan fingerprint density at radius 3 is 2.65 bits per heavy atom. The Kier molecular flexibility index (Phi) is 4.36. The zero-order valence-corrected chi connectivity index (χ0v) is 12.8. The number of ether oxygens (including phenoxy) is 1. The van der Waals surface area contributed by atoms with Crippen molar-refractivity contribution >= 4 is 50.5 Å². The van der Waals surface area contributed by atoms with Gasteiger partial charge in [-0.2, -0.15) is 0 Å². The van der Waals surface area contributed by atoms with Crippen LogP contribution in [0, 0.1) is 0 Å². The van der Waals surface area contributed by atoms with Crippen LogP contribution in [0.25, 0.3) is 0 Å². The number of hydrogen-bond acceptors (Lipinski definition) is 2. The monoisotopic (exact) mass is 350 g/mol. The summed E-state index contributed by atoms with van der Waals surface area (Å²) in [5.74, 6) is 0.749. The van der Waals surface area contributed by atoms with Crippen molar-refractivity contribution in [3.05, 3.63) is 49.6 Å². The summed E-state index contributed by atoms with van der Waals surface area (Å²) in [6.45, 7) is 0. The third kappa shape index (κ3) is 2.97. The van der Waals surface area contributed by atoms with Gasteiger partial charge in [0.1, 0.15) is 5.75 Å². The van der Waals surface area contributed by atoms with E-state index in [-0.39, 0.29) is 5.38 Å². The number of hydrogen-bond donors (Lipinski definition) is 0. The summed E-state index contributed by atoms with van der Waals surface area (Å²) in [4.78, 5) is 1.05. The minimum Gasteiger partial charge on any atom is -0.496 e. The van der Waals surface area contributed by atoms with Gasteiger partial charge >= 0.3 is 0 Å². The molecule has 1 atom stereocenters. The van der Waals surface area contributed by atoms with Gasteiger partial charge in [-0.3, -0.25) is 0 Å². The third-order valence-electron chi connectivity index (χ3n) is 2.31. The van der Waals surface area contributed by atoms with Crippen molar-refractivity contribution < 1.29 is 4.74 Å². The van der Waals surface area contributed by atoms with Gasteiger partial charge in [0.15, 0.2) is 0 Å². The molecule has 90 valence electrons. The molecular formula is C12H9BrCl2OS. The average molecular weight is 352 g/mol. The number of methoxy groups -OCH3 is 1. The van der Waals surface area contributed by atoms with Gasteiger partial charge in [-0.15, -0.1) is 22.9 Å². The molecule has 0 amide bonds. The Morgan fingerprint density at radius 1 is 1.29 bits per heavy atom. The molecule has 0 aliphatic heterocycles. The second-order valence-corrected chi connectivity index (χ2v) is 6.76. The zero-order chi connectivity index (χ0) is 12.4. The van der Waals surface area contributed by atoms with E-state index in [9.17, 15) is 0 Å². The second-order valence-electron chi connectivity index (χ2n) is 3.39. The Morgan fingerprint density at radius 2 is 2.06 bits per heavy atom. The van der Waals surface area contributed by atoms with Crippen molar-refractivity contribution in [1.82, 2.24) is 0 Å². The van der Waals surface area contributed by atoms with Gasteiger partial charge in [-0.25, -0.2) is 0 Å². The summed E-state index contributed by atoms with van der Waals surface area (Å²) in [5, 5.41) is 0.405. The molecule has 0 saturated carbocycles. The number of rotatable bonds is 3. The van der Waals surface area contributed by atoms with E-state index >= 15 is 0 Å². The van der Waals surface area contributed by atoms with Crippen LogP contribution >= 0.6 is 50.5 Å². The van der Waals surface area contributed by atoms with E-state index in [2.05, 4.69) is 15.9 Å². The molecule has 1 aromatic heterocycles. The molecule has 17 heavy (non-hydrogen) atoms. The highest BCUT2D eigenvalue weighted by Gasteiger charge is 2.17. The van der Waals surface area contributed by atoms with Gasteiger partial charge in [0, 0.05) is 15.5 Å². The minimum absolute atomic E-state index is 0.250. The molecule has 1 nitrogen and oxygen atoms in total. The van der Waals surface area contributed by atoms with Crippen molar-refractivity contribution in [1.29, 1.82) is 0 Å². The Balaban J connectivity index is 2.42. The summed E-state index contributed by atoms with van der Waals surface area (Å²) >= 11 is 17.5. The van der Waals surface area contributed by atoms with Crippen LogP contribution in [0.2, 0.25) is 5.02 Å². The smallest absolute Gasteiger partial charge is 0.124 e. The molecule has 2 aromatic rings. The van der Waals surface area contributed by atoms with Crippen molar-refractivity contribution in [3.63, 3.8) is 0 Å². The molecule has 0 radical (unpaired) electrons. The van der Waals surface area contributed by atoms with Crippen LogP contribution in [0.3, 0.4) is 0 Å². The fraction of sp³-hybridized carbons (Fsp3) is 0.167. The maximum Gasteiger partial charge on any atom is 0.124 e. The second kappa shape index (κ2) is 5.61. The molecule has 0 fully saturated rings. The van der Waals surface area contributed by atoms with Crippen LogP contribution < -0.4 is 4.74 Å². The van der Waals surface area contributed by atoms with Gasteiger partial charge in [0.2, 0.25) is 0 Å². The maximum absolute atomic E-state index is 6.45. The Labute approximate surface area is 122 Å². The summed E-state index contributed by atoms with van der Waals surface area (Å²) < 4.78 is 6.35. The highest BCUT2D eigenvalue weighted by atomic mass is 79.9. The van der Waals surface area contributed by atoms with E-state index in [4.69, 9.17) is 27.9 Å². The van der Waals surface area contributed by atoms with Crippen LogP contribution in [0.1, 0.15) is 15.8 Å². The first-order valence-electron chi connectivity index (χ1n) is 4.84. The van der Waals surface area contributed by atoms with Gasteiger partial charge in [0.05, 0.1) is 16.3 Å². The summed E-state index contributed by atoms with van der Waals surface area (Å²) in [7, 11) is 1.63. The normalized spacial score (nSPS) is 12.5. The average Bonchev–Trinajstić information content (AvgIpc) is 2.75. The highest BCUT2D eigenvalue weighted by molar-refractivity contribution is 9.11. The topological polar surface area (TPSA) is 9.23 Å². The molecule has 5 heteroatoms. The lowest BCUT2D eigenvalue weighted by Gasteiger charge is -2.13. The molecule has 0 aliphatic rings. The highest BCUT2D eigenvalue weighted by Crippen LogP contribution is 2.40. The summed E-state index contributed by atoms with van der Waals surface area (Å²) in [6, 6.07) is 9.43. The lowest BCUT2D eigenvalue weighted by atomic mass is 10.1. The Hall–Kier alpha value is -0.220. The molecule has 2 rings (SSSR count). The van der Waals surface area contributed by atoms with E-state index in [0.29, 0.717) is 5.02 Å². The first-order chi connectivity index (χ1) is 8.11. The summed E-state index contributed by atoms with van der Waals surface area (Å²) in [5.41, 5.74) is 0.885. The molecule has 0 bridgehead atoms. The molecule has 0 N–H and O–H groups in total. The van der Waals surface area contributed by atoms with Gasteiger partial charge < -0.3 is 4.74 Å². The van der Waals surface area contributed by atoms with Gasteiger partial charge in [-0.05, 0) is 46.3 Å². The van der Waals surface area contributed by atoms with Crippen molar-refractivity contribution in [2.75, 3.05) is 7.11 Å². The largest absolute Gasteiger partial charge is 0.496 e. The third-order valence-corrected chi connectivity index (χ3v) is 4.83. The van der Waals surface area contributed by atoms with Crippen molar-refractivity contribution in [2.24, 2.45) is 0 Å². The fourth-order valence-electron chi connectivity index (χ4n) is 1.52. The summed E-state index contributed by atoms with van der Waals surface area (Å²) in [6.07, 6.45) is 0. The number of benzene rings is 1. The predicted octanol–water partition coefficient (Wildman–Crippen LogP) is 5.50. The number of alkyl halides is 1. The molecule has 1 unspecified atom stereocenters. The number of thiophene rings is 1. The van der Waals surface area contributed by atoms with E-state index < -0.39 is 0 Å². The van der Waals surface area contributed by atoms with Crippen LogP contribution in [-0.4, -0.2) is 7.11 Å². The molecule has 0 spiro atoms. The molecule has 0 saturated heterocycles. The van der Waals surface area contributed by atoms with Crippen LogP contribution in [-0.2, 0) is 0 Å². The van der Waals surface area contributed by atoms with E-state index in [1.54, 1.807) is 24.5 Å². The van der Waals surface area contributed by atoms with E-state index in [1.165, 1.54) is 0 Å². The van der Waals surface area contributed by atoms with Gasteiger partial charge in [-0.1, -0.05) is 11.6 Å². The van der Waals surface area contributed by atoms with Gasteiger partial charge in [0.25, 0.3) is 0 Å². The standard InChI is InChI=1S/C12H9BrCl2OS/c1-16-9-3-2-7(14)6-8(9)12(15)10-4-5-11(13)17-10/h2-6,12H,1H3. The minimum atomic E-state index is -0.250. The lowest BCUT2D eigenvalue weighted by molar-refractivity contribution is 0.410. The van der Waals surface area contributed by atoms with Crippen molar-refractivity contribution in [2.45, 2.75) is 5.38 Å². The lowest BCUT2D eigenvalue weighted by Crippen LogP contribution is -1.95. The number of halogens is 3. The predicted molar refractivity (Wildman–Crippen MR) is 77.7 cm³/mol. The molecule has 0 aliphatic carbocycles. The van der Waals surface area contributed by atoms with Crippen molar-refractivity contribution in [3.8, 4) is 5.75 Å². The zero-order valence-electron chi connectivity index (χ0n) is 8.91. The van der Waals surface area contributed by atoms with E-state index in [1.807, 2.05) is 24.3 Å². The van der Waals surface area contributed by atoms with Crippen LogP contribution in [0.5, 0.6) is 5.75 Å². The first-order valence-corrected chi connectivity index (χ1v) is 7.27. The molecular weight excluding hydrogens is 343 g/mol. The molecule has 1 heterocycles. The molecule has 1 aromatic carbocycles. The van der Waals surface area contributed by atoms with E-state index in [0.717, 1.165) is 20.0 Å². The first kappa shape index (κ1) is 13.2.